The van der Waals surface area contributed by atoms with Crippen LogP contribution in [-0.2, 0) is 10.3 Å². The van der Waals surface area contributed by atoms with E-state index in [9.17, 15) is 13.2 Å². The summed E-state index contributed by atoms with van der Waals surface area (Å²) in [7, 11) is -4.47. The minimum absolute atomic E-state index is 0.0161. The second-order valence-electron chi connectivity index (χ2n) is 2.58. The normalized spacial score (nSPS) is 11.1. The van der Waals surface area contributed by atoms with Crippen LogP contribution in [0.3, 0.4) is 0 Å². The average Bonchev–Trinajstić information content (AvgIpc) is 2.06. The van der Waals surface area contributed by atoms with E-state index in [2.05, 4.69) is 0 Å². The molecule has 0 saturated carbocycles. The number of anilines is 1. The quantitative estimate of drug-likeness (QED) is 0.702. The maximum Gasteiger partial charge on any atom is 0.357 e. The van der Waals surface area contributed by atoms with E-state index in [1.165, 1.54) is 12.1 Å². The highest BCUT2D eigenvalue weighted by Gasteiger charge is 2.11. The van der Waals surface area contributed by atoms with Crippen molar-refractivity contribution >= 4 is 33.6 Å². The van der Waals surface area contributed by atoms with E-state index in [0.29, 0.717) is 0 Å². The number of rotatable bonds is 3. The summed E-state index contributed by atoms with van der Waals surface area (Å²) >= 11 is 5.58. The number of hydrogen-bond acceptors (Lipinski definition) is 3. The van der Waals surface area contributed by atoms with E-state index in [-0.39, 0.29) is 16.3 Å². The number of carboxylic acid groups (broad SMARTS) is 1. The third-order valence-corrected chi connectivity index (χ3v) is 2.26. The van der Waals surface area contributed by atoms with Gasteiger partial charge in [0, 0.05) is 0 Å². The van der Waals surface area contributed by atoms with Gasteiger partial charge in [0.05, 0.1) is 16.3 Å². The Balaban J connectivity index is 3.17. The van der Waals surface area contributed by atoms with Crippen LogP contribution in [0.1, 0.15) is 10.4 Å². The van der Waals surface area contributed by atoms with Crippen molar-refractivity contribution in [3.8, 4) is 0 Å². The third-order valence-electron chi connectivity index (χ3n) is 1.45. The monoisotopic (exact) mass is 251 g/mol. The Kier molecular flexibility index (Phi) is 3.18. The molecule has 0 fully saturated rings. The van der Waals surface area contributed by atoms with Crippen molar-refractivity contribution in [2.24, 2.45) is 0 Å². The zero-order chi connectivity index (χ0) is 11.6. The van der Waals surface area contributed by atoms with Crippen LogP contribution in [0.5, 0.6) is 0 Å². The number of carboxylic acids is 1. The van der Waals surface area contributed by atoms with Crippen LogP contribution in [0.15, 0.2) is 18.2 Å². The van der Waals surface area contributed by atoms with Gasteiger partial charge in [0.25, 0.3) is 0 Å². The smallest absolute Gasteiger partial charge is 0.357 e. The molecule has 0 aliphatic heterocycles. The van der Waals surface area contributed by atoms with Crippen molar-refractivity contribution < 1.29 is 22.9 Å². The molecule has 0 amide bonds. The van der Waals surface area contributed by atoms with Gasteiger partial charge in [0.15, 0.2) is 0 Å². The zero-order valence-electron chi connectivity index (χ0n) is 7.14. The summed E-state index contributed by atoms with van der Waals surface area (Å²) in [6.45, 7) is 0. The first-order valence-corrected chi connectivity index (χ1v) is 5.39. The summed E-state index contributed by atoms with van der Waals surface area (Å²) in [4.78, 5) is 10.5. The molecular weight excluding hydrogens is 246 g/mol. The third kappa shape index (κ3) is 3.39. The maximum atomic E-state index is 10.5. The Morgan fingerprint density at radius 3 is 2.47 bits per heavy atom. The molecule has 15 heavy (non-hydrogen) atoms. The topological polar surface area (TPSA) is 104 Å². The van der Waals surface area contributed by atoms with E-state index in [1.807, 2.05) is 0 Å². The molecule has 0 heterocycles. The molecule has 0 radical (unpaired) electrons. The molecular formula is C7H6ClNO5S. The van der Waals surface area contributed by atoms with Crippen molar-refractivity contribution in [2.45, 2.75) is 0 Å². The SMILES string of the molecule is O=C(O)c1ccc(Cl)c(NS(=O)(=O)O)c1. The Hall–Kier alpha value is -1.31. The van der Waals surface area contributed by atoms with Crippen molar-refractivity contribution in [1.82, 2.24) is 0 Å². The van der Waals surface area contributed by atoms with Gasteiger partial charge in [-0.15, -0.1) is 0 Å². The van der Waals surface area contributed by atoms with Gasteiger partial charge >= 0.3 is 16.3 Å². The van der Waals surface area contributed by atoms with Crippen LogP contribution in [0.2, 0.25) is 5.02 Å². The number of halogens is 1. The number of carbonyl (C=O) groups is 1. The predicted molar refractivity (Wildman–Crippen MR) is 53.6 cm³/mol. The maximum absolute atomic E-state index is 10.5. The highest BCUT2D eigenvalue weighted by Crippen LogP contribution is 2.23. The molecule has 0 saturated heterocycles. The summed E-state index contributed by atoms with van der Waals surface area (Å²) in [5.74, 6) is -1.23. The Bertz CT molecular complexity index is 498. The highest BCUT2D eigenvalue weighted by molar-refractivity contribution is 7.87. The fourth-order valence-corrected chi connectivity index (χ4v) is 1.54. The van der Waals surface area contributed by atoms with Crippen molar-refractivity contribution in [2.75, 3.05) is 4.72 Å². The Morgan fingerprint density at radius 2 is 2.00 bits per heavy atom. The van der Waals surface area contributed by atoms with E-state index >= 15 is 0 Å². The zero-order valence-corrected chi connectivity index (χ0v) is 8.71. The van der Waals surface area contributed by atoms with Crippen LogP contribution in [0, 0.1) is 0 Å². The number of aromatic carboxylic acids is 1. The summed E-state index contributed by atoms with van der Waals surface area (Å²) in [5.41, 5.74) is -0.343. The average molecular weight is 252 g/mol. The van der Waals surface area contributed by atoms with Crippen molar-refractivity contribution in [1.29, 1.82) is 0 Å². The minimum atomic E-state index is -4.47. The van der Waals surface area contributed by atoms with E-state index in [1.54, 1.807) is 4.72 Å². The fourth-order valence-electron chi connectivity index (χ4n) is 0.875. The molecule has 1 aromatic carbocycles. The molecule has 0 spiro atoms. The first-order chi connectivity index (χ1) is 6.79. The lowest BCUT2D eigenvalue weighted by Gasteiger charge is -2.05. The van der Waals surface area contributed by atoms with E-state index < -0.39 is 16.3 Å². The second kappa shape index (κ2) is 4.05. The van der Waals surface area contributed by atoms with Gasteiger partial charge in [-0.1, -0.05) is 11.6 Å². The first-order valence-electron chi connectivity index (χ1n) is 3.57. The minimum Gasteiger partial charge on any atom is -0.478 e. The van der Waals surface area contributed by atoms with Crippen molar-refractivity contribution in [3.63, 3.8) is 0 Å². The van der Waals surface area contributed by atoms with Crippen LogP contribution in [0.4, 0.5) is 5.69 Å². The molecule has 0 atom stereocenters. The summed E-state index contributed by atoms with van der Waals surface area (Å²) in [6.07, 6.45) is 0. The van der Waals surface area contributed by atoms with Gasteiger partial charge in [-0.3, -0.25) is 9.27 Å². The largest absolute Gasteiger partial charge is 0.478 e. The van der Waals surface area contributed by atoms with Gasteiger partial charge in [0.1, 0.15) is 0 Å². The standard InChI is InChI=1S/C7H6ClNO5S/c8-5-2-1-4(7(10)11)3-6(5)9-15(12,13)14/h1-3,9H,(H,10,11)(H,12,13,14). The molecule has 3 N–H and O–H groups in total. The number of nitrogens with one attached hydrogen (secondary N) is 1. The van der Waals surface area contributed by atoms with Gasteiger partial charge in [-0.2, -0.15) is 8.42 Å². The molecule has 6 nitrogen and oxygen atoms in total. The molecule has 1 rings (SSSR count). The molecule has 0 aliphatic rings. The lowest BCUT2D eigenvalue weighted by molar-refractivity contribution is 0.0697. The second-order valence-corrected chi connectivity index (χ2v) is 4.14. The summed E-state index contributed by atoms with van der Waals surface area (Å²) in [6, 6.07) is 3.41. The lowest BCUT2D eigenvalue weighted by atomic mass is 10.2. The van der Waals surface area contributed by atoms with Crippen molar-refractivity contribution in [3.05, 3.63) is 28.8 Å². The first kappa shape index (κ1) is 11.8. The van der Waals surface area contributed by atoms with E-state index in [0.717, 1.165) is 6.07 Å². The molecule has 0 aromatic heterocycles. The Morgan fingerprint density at radius 1 is 1.40 bits per heavy atom. The molecule has 0 aliphatic carbocycles. The summed E-state index contributed by atoms with van der Waals surface area (Å²) < 4.78 is 31.1. The van der Waals surface area contributed by atoms with Gasteiger partial charge < -0.3 is 5.11 Å². The van der Waals surface area contributed by atoms with Crippen LogP contribution in [0.25, 0.3) is 0 Å². The Labute approximate surface area is 90.4 Å². The molecule has 0 unspecified atom stereocenters. The molecule has 1 aromatic rings. The fraction of sp³-hybridized carbons (Fsp3) is 0. The van der Waals surface area contributed by atoms with Crippen LogP contribution < -0.4 is 4.72 Å². The van der Waals surface area contributed by atoms with Gasteiger partial charge in [-0.25, -0.2) is 4.79 Å². The highest BCUT2D eigenvalue weighted by atomic mass is 35.5. The van der Waals surface area contributed by atoms with Crippen LogP contribution in [-0.4, -0.2) is 24.0 Å². The number of benzene rings is 1. The predicted octanol–water partition coefficient (Wildman–Crippen LogP) is 1.25. The number of hydrogen-bond donors (Lipinski definition) is 3. The van der Waals surface area contributed by atoms with Crippen LogP contribution >= 0.6 is 11.6 Å². The van der Waals surface area contributed by atoms with Gasteiger partial charge in [-0.05, 0) is 18.2 Å². The molecule has 0 bridgehead atoms. The van der Waals surface area contributed by atoms with E-state index in [4.69, 9.17) is 21.3 Å². The lowest BCUT2D eigenvalue weighted by Crippen LogP contribution is -2.11. The summed E-state index contributed by atoms with van der Waals surface area (Å²) in [5, 5.41) is 8.60. The molecule has 82 valence electrons. The molecule has 8 heteroatoms. The van der Waals surface area contributed by atoms with Gasteiger partial charge in [0.2, 0.25) is 0 Å².